The van der Waals surface area contributed by atoms with Crippen LogP contribution in [0.2, 0.25) is 5.15 Å². The number of carbonyl (C=O) groups excluding carboxylic acids is 1. The summed E-state index contributed by atoms with van der Waals surface area (Å²) >= 11 is 6.13. The molecule has 144 valence electrons. The molecule has 27 heavy (non-hydrogen) atoms. The topological polar surface area (TPSA) is 64.6 Å². The number of hydrogen-bond acceptors (Lipinski definition) is 5. The molecule has 1 aliphatic heterocycles. The largest absolute Gasteiger partial charge is 0.470 e. The molecule has 4 rings (SSSR count). The average Bonchev–Trinajstić information content (AvgIpc) is 3.49. The molecule has 0 bridgehead atoms. The number of ether oxygens (including phenoxy) is 2. The van der Waals surface area contributed by atoms with Gasteiger partial charge in [0, 0.05) is 31.3 Å². The number of aromatic nitrogens is 2. The van der Waals surface area contributed by atoms with Gasteiger partial charge in [0.2, 0.25) is 11.8 Å². The van der Waals surface area contributed by atoms with Gasteiger partial charge < -0.3 is 14.4 Å². The van der Waals surface area contributed by atoms with Crippen molar-refractivity contribution in [1.82, 2.24) is 14.9 Å². The Hall–Kier alpha value is -1.92. The number of fused-ring (bicyclic) bond motifs is 1. The molecule has 0 spiro atoms. The van der Waals surface area contributed by atoms with Crippen molar-refractivity contribution in [2.24, 2.45) is 5.92 Å². The lowest BCUT2D eigenvalue weighted by Crippen LogP contribution is -2.63. The van der Waals surface area contributed by atoms with Gasteiger partial charge in [-0.3, -0.25) is 4.79 Å². The number of pyridine rings is 2. The van der Waals surface area contributed by atoms with Crippen LogP contribution in [-0.2, 0) is 9.53 Å². The highest BCUT2D eigenvalue weighted by Gasteiger charge is 2.45. The molecule has 7 heteroatoms. The van der Waals surface area contributed by atoms with Crippen LogP contribution in [-0.4, -0.2) is 53.2 Å². The van der Waals surface area contributed by atoms with Gasteiger partial charge in [-0.05, 0) is 36.8 Å². The van der Waals surface area contributed by atoms with Gasteiger partial charge in [-0.25, -0.2) is 9.97 Å². The van der Waals surface area contributed by atoms with Crippen LogP contribution in [0.15, 0.2) is 18.5 Å². The number of hydrogen-bond donors (Lipinski definition) is 0. The van der Waals surface area contributed by atoms with Crippen molar-refractivity contribution in [1.29, 1.82) is 0 Å². The fourth-order valence-electron chi connectivity index (χ4n) is 3.64. The van der Waals surface area contributed by atoms with Gasteiger partial charge in [0.15, 0.2) is 0 Å². The third-order valence-corrected chi connectivity index (χ3v) is 5.77. The molecule has 3 atom stereocenters. The molecule has 1 saturated carbocycles. The highest BCUT2D eigenvalue weighted by Crippen LogP contribution is 2.37. The number of nitrogens with zero attached hydrogens (tertiary/aromatic N) is 3. The van der Waals surface area contributed by atoms with Gasteiger partial charge in [-0.2, -0.15) is 0 Å². The molecule has 2 aromatic rings. The van der Waals surface area contributed by atoms with E-state index in [1.54, 1.807) is 13.3 Å². The zero-order valence-electron chi connectivity index (χ0n) is 15.8. The van der Waals surface area contributed by atoms with E-state index in [1.807, 2.05) is 24.1 Å². The molecule has 1 amide bonds. The summed E-state index contributed by atoms with van der Waals surface area (Å²) in [6.07, 6.45) is 5.52. The van der Waals surface area contributed by atoms with Crippen molar-refractivity contribution in [3.63, 3.8) is 0 Å². The maximum absolute atomic E-state index is 12.2. The predicted molar refractivity (Wildman–Crippen MR) is 103 cm³/mol. The second-order valence-electron chi connectivity index (χ2n) is 7.59. The molecule has 0 aromatic carbocycles. The quantitative estimate of drug-likeness (QED) is 0.708. The van der Waals surface area contributed by atoms with Crippen LogP contribution in [0, 0.1) is 5.92 Å². The highest BCUT2D eigenvalue weighted by atomic mass is 35.5. The molecule has 1 aliphatic carbocycles. The van der Waals surface area contributed by atoms with Gasteiger partial charge in [0.25, 0.3) is 0 Å². The normalized spacial score (nSPS) is 23.2. The van der Waals surface area contributed by atoms with Crippen LogP contribution in [0.25, 0.3) is 10.8 Å². The molecule has 0 unspecified atom stereocenters. The lowest BCUT2D eigenvalue weighted by molar-refractivity contribution is -0.148. The maximum atomic E-state index is 12.2. The van der Waals surface area contributed by atoms with Crippen molar-refractivity contribution in [2.75, 3.05) is 20.3 Å². The first kappa shape index (κ1) is 18.4. The van der Waals surface area contributed by atoms with Gasteiger partial charge in [-0.1, -0.05) is 18.5 Å². The van der Waals surface area contributed by atoms with Crippen LogP contribution in [0.4, 0.5) is 0 Å². The summed E-state index contributed by atoms with van der Waals surface area (Å²) in [5, 5.41) is 2.24. The number of rotatable bonds is 6. The minimum absolute atomic E-state index is 0.0543. The minimum Gasteiger partial charge on any atom is -0.470 e. The summed E-state index contributed by atoms with van der Waals surface area (Å²) in [5.41, 5.74) is 1.05. The third kappa shape index (κ3) is 3.48. The Balaban J connectivity index is 1.57. The Morgan fingerprint density at radius 3 is 2.78 bits per heavy atom. The monoisotopic (exact) mass is 389 g/mol. The summed E-state index contributed by atoms with van der Waals surface area (Å²) in [6, 6.07) is 1.90. The molecular formula is C20H24ClN3O3. The Labute approximate surface area is 163 Å². The summed E-state index contributed by atoms with van der Waals surface area (Å²) in [6.45, 7) is 5.32. The van der Waals surface area contributed by atoms with Crippen molar-refractivity contribution in [3.05, 3.63) is 29.2 Å². The molecule has 2 fully saturated rings. The van der Waals surface area contributed by atoms with Crippen molar-refractivity contribution >= 4 is 28.3 Å². The third-order valence-electron chi connectivity index (χ3n) is 5.56. The molecule has 0 radical (unpaired) electrons. The number of amides is 1. The lowest BCUT2D eigenvalue weighted by atomic mass is 9.98. The van der Waals surface area contributed by atoms with Crippen molar-refractivity contribution in [2.45, 2.75) is 44.8 Å². The number of halogens is 1. The van der Waals surface area contributed by atoms with E-state index >= 15 is 0 Å². The first-order valence-corrected chi connectivity index (χ1v) is 9.77. The number of carbonyl (C=O) groups is 1. The van der Waals surface area contributed by atoms with E-state index in [0.717, 1.165) is 29.2 Å². The fourth-order valence-corrected chi connectivity index (χ4v) is 3.80. The molecule has 6 nitrogen and oxygen atoms in total. The molecule has 1 saturated heterocycles. The Morgan fingerprint density at radius 2 is 2.11 bits per heavy atom. The van der Waals surface area contributed by atoms with Crippen LogP contribution < -0.4 is 4.74 Å². The maximum Gasteiger partial charge on any atom is 0.226 e. The van der Waals surface area contributed by atoms with E-state index in [9.17, 15) is 4.79 Å². The summed E-state index contributed by atoms with van der Waals surface area (Å²) < 4.78 is 11.5. The average molecular weight is 390 g/mol. The predicted octanol–water partition coefficient (Wildman–Crippen LogP) is 3.42. The molecule has 0 N–H and O–H groups in total. The Bertz CT molecular complexity index is 871. The van der Waals surface area contributed by atoms with Gasteiger partial charge in [0.1, 0.15) is 11.3 Å². The first-order valence-electron chi connectivity index (χ1n) is 9.39. The first-order chi connectivity index (χ1) is 13.0. The van der Waals surface area contributed by atoms with Crippen molar-refractivity contribution in [3.8, 4) is 5.88 Å². The Morgan fingerprint density at radius 1 is 1.33 bits per heavy atom. The summed E-state index contributed by atoms with van der Waals surface area (Å²) in [4.78, 5) is 22.9. The number of likely N-dealkylation sites (tertiary alicyclic amines) is 1. The van der Waals surface area contributed by atoms with Crippen LogP contribution in [0.3, 0.4) is 0 Å². The summed E-state index contributed by atoms with van der Waals surface area (Å²) in [7, 11) is 1.69. The minimum atomic E-state index is -0.0543. The van der Waals surface area contributed by atoms with Gasteiger partial charge in [0.05, 0.1) is 24.6 Å². The van der Waals surface area contributed by atoms with Crippen LogP contribution in [0.1, 0.15) is 38.2 Å². The van der Waals surface area contributed by atoms with E-state index in [4.69, 9.17) is 21.1 Å². The second kappa shape index (κ2) is 7.24. The van der Waals surface area contributed by atoms with Crippen LogP contribution >= 0.6 is 11.6 Å². The molecule has 2 aliphatic rings. The van der Waals surface area contributed by atoms with E-state index in [0.29, 0.717) is 24.2 Å². The zero-order chi connectivity index (χ0) is 19.1. The SMILES string of the molecule is COC[C@H](C)c1cnc(O[C@@H]2CN(C(=O)C3CC3)[C@H]2C)c2cnc(Cl)cc12. The standard InChI is InChI=1S/C20H24ClN3O3/c1-11(10-26-3)15-7-23-19(16-8-22-18(21)6-14(15)16)27-17-9-24(12(17)2)20(25)13-4-5-13/h6-8,11-13,17H,4-5,9-10H2,1-3H3/t11-,12-,17+/m0/s1. The van der Waals surface area contributed by atoms with E-state index < -0.39 is 0 Å². The Kier molecular flexibility index (Phi) is 4.95. The zero-order valence-corrected chi connectivity index (χ0v) is 16.6. The lowest BCUT2D eigenvalue weighted by Gasteiger charge is -2.45. The number of methoxy groups -OCH3 is 1. The van der Waals surface area contributed by atoms with Gasteiger partial charge in [-0.15, -0.1) is 0 Å². The van der Waals surface area contributed by atoms with Gasteiger partial charge >= 0.3 is 0 Å². The van der Waals surface area contributed by atoms with E-state index in [-0.39, 0.29) is 29.9 Å². The highest BCUT2D eigenvalue weighted by molar-refractivity contribution is 6.30. The molecule has 3 heterocycles. The van der Waals surface area contributed by atoms with Crippen LogP contribution in [0.5, 0.6) is 5.88 Å². The second-order valence-corrected chi connectivity index (χ2v) is 7.98. The smallest absolute Gasteiger partial charge is 0.226 e. The van der Waals surface area contributed by atoms with Crippen molar-refractivity contribution < 1.29 is 14.3 Å². The fraction of sp³-hybridized carbons (Fsp3) is 0.550. The molecular weight excluding hydrogens is 366 g/mol. The molecule has 2 aromatic heterocycles. The van der Waals surface area contributed by atoms with E-state index in [1.165, 1.54) is 0 Å². The van der Waals surface area contributed by atoms with E-state index in [2.05, 4.69) is 16.9 Å². The summed E-state index contributed by atoms with van der Waals surface area (Å²) in [5.74, 6) is 1.21.